The van der Waals surface area contributed by atoms with Gasteiger partial charge in [0.15, 0.2) is 5.82 Å². The van der Waals surface area contributed by atoms with E-state index in [1.165, 1.54) is 12.8 Å². The first kappa shape index (κ1) is 12.7. The van der Waals surface area contributed by atoms with Gasteiger partial charge in [-0.05, 0) is 19.8 Å². The summed E-state index contributed by atoms with van der Waals surface area (Å²) in [5.41, 5.74) is 1.94. The molecule has 1 N–H and O–H groups in total. The van der Waals surface area contributed by atoms with Gasteiger partial charge in [0.2, 0.25) is 5.65 Å². The quantitative estimate of drug-likeness (QED) is 0.783. The lowest BCUT2D eigenvalue weighted by Gasteiger charge is -2.05. The molecule has 4 rings (SSSR count). The van der Waals surface area contributed by atoms with E-state index in [1.54, 1.807) is 17.5 Å². The number of hydrogen-bond donors (Lipinski definition) is 1. The molecule has 3 aromatic heterocycles. The molecule has 0 aliphatic heterocycles. The summed E-state index contributed by atoms with van der Waals surface area (Å²) in [7, 11) is 0. The minimum Gasteiger partial charge on any atom is -0.367 e. The Morgan fingerprint density at radius 3 is 3.05 bits per heavy atom. The van der Waals surface area contributed by atoms with E-state index in [0.717, 1.165) is 41.0 Å². The van der Waals surface area contributed by atoms with E-state index >= 15 is 0 Å². The van der Waals surface area contributed by atoms with E-state index in [0.29, 0.717) is 5.92 Å². The summed E-state index contributed by atoms with van der Waals surface area (Å²) in [6.07, 6.45) is 7.07. The molecule has 1 aliphatic rings. The molecule has 6 nitrogen and oxygen atoms in total. The lowest BCUT2D eigenvalue weighted by molar-refractivity contribution is 0.894. The Kier molecular flexibility index (Phi) is 3.07. The normalized spacial score (nSPS) is 14.7. The predicted octanol–water partition coefficient (Wildman–Crippen LogP) is 2.42. The number of nitrogens with one attached hydrogen (secondary N) is 1. The van der Waals surface area contributed by atoms with Crippen LogP contribution in [0.15, 0.2) is 17.8 Å². The Morgan fingerprint density at radius 1 is 1.38 bits per heavy atom. The SMILES string of the molecule is Cc1nc(CCNc2nccn3c(C4CC4)nnc23)cs1. The summed E-state index contributed by atoms with van der Waals surface area (Å²) in [4.78, 5) is 8.85. The first-order valence-corrected chi connectivity index (χ1v) is 8.04. The van der Waals surface area contributed by atoms with Crippen molar-refractivity contribution in [2.24, 2.45) is 0 Å². The first-order chi connectivity index (χ1) is 10.3. The van der Waals surface area contributed by atoms with Crippen LogP contribution in [0.2, 0.25) is 0 Å². The minimum absolute atomic E-state index is 0.577. The van der Waals surface area contributed by atoms with Crippen molar-refractivity contribution >= 4 is 22.8 Å². The molecule has 108 valence electrons. The molecule has 7 heteroatoms. The predicted molar refractivity (Wildman–Crippen MR) is 81.8 cm³/mol. The number of rotatable bonds is 5. The van der Waals surface area contributed by atoms with Crippen LogP contribution < -0.4 is 5.32 Å². The average molecular weight is 300 g/mol. The Balaban J connectivity index is 1.50. The molecule has 0 aromatic carbocycles. The standard InChI is InChI=1S/C14H16N6S/c1-9-17-11(8-21-9)4-5-15-12-14-19-18-13(10-2-3-10)20(14)7-6-16-12/h6-8,10H,2-5H2,1H3,(H,15,16). The maximum Gasteiger partial charge on any atom is 0.203 e. The number of thiazole rings is 1. The van der Waals surface area contributed by atoms with Gasteiger partial charge in [0, 0.05) is 36.7 Å². The van der Waals surface area contributed by atoms with E-state index in [4.69, 9.17) is 0 Å². The van der Waals surface area contributed by atoms with Crippen LogP contribution in [0.5, 0.6) is 0 Å². The third-order valence-corrected chi connectivity index (χ3v) is 4.46. The fourth-order valence-electron chi connectivity index (χ4n) is 2.42. The second-order valence-corrected chi connectivity index (χ2v) is 6.40. The molecule has 0 atom stereocenters. The van der Waals surface area contributed by atoms with Crippen molar-refractivity contribution in [3.63, 3.8) is 0 Å². The monoisotopic (exact) mass is 300 g/mol. The number of hydrogen-bond acceptors (Lipinski definition) is 6. The zero-order valence-corrected chi connectivity index (χ0v) is 12.6. The summed E-state index contributed by atoms with van der Waals surface area (Å²) < 4.78 is 2.06. The molecular weight excluding hydrogens is 284 g/mol. The molecule has 21 heavy (non-hydrogen) atoms. The Labute approximate surface area is 126 Å². The van der Waals surface area contributed by atoms with Gasteiger partial charge in [0.05, 0.1) is 10.7 Å². The maximum absolute atomic E-state index is 4.46. The Bertz CT molecular complexity index is 773. The van der Waals surface area contributed by atoms with E-state index in [-0.39, 0.29) is 0 Å². The molecule has 3 heterocycles. The third-order valence-electron chi connectivity index (χ3n) is 3.64. The van der Waals surface area contributed by atoms with E-state index < -0.39 is 0 Å². The van der Waals surface area contributed by atoms with Gasteiger partial charge in [-0.25, -0.2) is 9.97 Å². The zero-order chi connectivity index (χ0) is 14.2. The molecular formula is C14H16N6S. The first-order valence-electron chi connectivity index (χ1n) is 7.16. The highest BCUT2D eigenvalue weighted by atomic mass is 32.1. The summed E-state index contributed by atoms with van der Waals surface area (Å²) in [5, 5.41) is 15.2. The van der Waals surface area contributed by atoms with Crippen LogP contribution in [-0.2, 0) is 6.42 Å². The summed E-state index contributed by atoms with van der Waals surface area (Å²) in [6.45, 7) is 2.82. The highest BCUT2D eigenvalue weighted by molar-refractivity contribution is 7.09. The van der Waals surface area contributed by atoms with Crippen LogP contribution in [0.25, 0.3) is 5.65 Å². The maximum atomic E-state index is 4.46. The Morgan fingerprint density at radius 2 is 2.29 bits per heavy atom. The average Bonchev–Trinajstić information content (AvgIpc) is 3.10. The van der Waals surface area contributed by atoms with Gasteiger partial charge in [-0.3, -0.25) is 4.40 Å². The van der Waals surface area contributed by atoms with E-state index in [9.17, 15) is 0 Å². The molecule has 0 radical (unpaired) electrons. The van der Waals surface area contributed by atoms with Crippen LogP contribution in [0, 0.1) is 6.92 Å². The van der Waals surface area contributed by atoms with Crippen molar-refractivity contribution in [1.82, 2.24) is 24.6 Å². The molecule has 0 unspecified atom stereocenters. The zero-order valence-electron chi connectivity index (χ0n) is 11.8. The van der Waals surface area contributed by atoms with Crippen LogP contribution in [0.4, 0.5) is 5.82 Å². The molecule has 1 fully saturated rings. The molecule has 0 bridgehead atoms. The molecule has 0 spiro atoms. The molecule has 0 amide bonds. The number of nitrogens with zero attached hydrogens (tertiary/aromatic N) is 5. The fourth-order valence-corrected chi connectivity index (χ4v) is 3.07. The minimum atomic E-state index is 0.577. The van der Waals surface area contributed by atoms with Crippen molar-refractivity contribution in [2.75, 3.05) is 11.9 Å². The second kappa shape index (κ2) is 5.07. The van der Waals surface area contributed by atoms with Gasteiger partial charge >= 0.3 is 0 Å². The molecule has 3 aromatic rings. The van der Waals surface area contributed by atoms with Gasteiger partial charge in [-0.15, -0.1) is 21.5 Å². The van der Waals surface area contributed by atoms with Crippen LogP contribution >= 0.6 is 11.3 Å². The van der Waals surface area contributed by atoms with Crippen LogP contribution in [-0.4, -0.2) is 31.1 Å². The van der Waals surface area contributed by atoms with E-state index in [1.807, 2.05) is 13.1 Å². The van der Waals surface area contributed by atoms with Gasteiger partial charge in [-0.2, -0.15) is 0 Å². The third kappa shape index (κ3) is 2.49. The summed E-state index contributed by atoms with van der Waals surface area (Å²) in [5.74, 6) is 2.43. The van der Waals surface area contributed by atoms with Crippen LogP contribution in [0.1, 0.15) is 35.3 Å². The van der Waals surface area contributed by atoms with Crippen molar-refractivity contribution in [3.05, 3.63) is 34.3 Å². The van der Waals surface area contributed by atoms with Crippen molar-refractivity contribution in [2.45, 2.75) is 32.1 Å². The van der Waals surface area contributed by atoms with E-state index in [2.05, 4.69) is 35.3 Å². The van der Waals surface area contributed by atoms with Gasteiger partial charge in [-0.1, -0.05) is 0 Å². The molecule has 1 saturated carbocycles. The largest absolute Gasteiger partial charge is 0.367 e. The number of aromatic nitrogens is 5. The van der Waals surface area contributed by atoms with Gasteiger partial charge < -0.3 is 5.32 Å². The number of fused-ring (bicyclic) bond motifs is 1. The highest BCUT2D eigenvalue weighted by Crippen LogP contribution is 2.39. The number of anilines is 1. The topological polar surface area (TPSA) is 68.0 Å². The molecule has 1 aliphatic carbocycles. The number of aryl methyl sites for hydroxylation is 1. The fraction of sp³-hybridized carbons (Fsp3) is 0.429. The van der Waals surface area contributed by atoms with Crippen molar-refractivity contribution in [1.29, 1.82) is 0 Å². The summed E-state index contributed by atoms with van der Waals surface area (Å²) >= 11 is 1.69. The lowest BCUT2D eigenvalue weighted by atomic mass is 10.3. The smallest absolute Gasteiger partial charge is 0.203 e. The second-order valence-electron chi connectivity index (χ2n) is 5.34. The van der Waals surface area contributed by atoms with Crippen LogP contribution in [0.3, 0.4) is 0 Å². The summed E-state index contributed by atoms with van der Waals surface area (Å²) in [6, 6.07) is 0. The Hall–Kier alpha value is -2.02. The van der Waals surface area contributed by atoms with Gasteiger partial charge in [0.25, 0.3) is 0 Å². The van der Waals surface area contributed by atoms with Crippen molar-refractivity contribution in [3.8, 4) is 0 Å². The molecule has 0 saturated heterocycles. The highest BCUT2D eigenvalue weighted by Gasteiger charge is 2.29. The lowest BCUT2D eigenvalue weighted by Crippen LogP contribution is -2.08. The van der Waals surface area contributed by atoms with Gasteiger partial charge in [0.1, 0.15) is 5.82 Å². The van der Waals surface area contributed by atoms with Crippen molar-refractivity contribution < 1.29 is 0 Å².